The third-order valence-electron chi connectivity index (χ3n) is 6.43. The molecule has 0 aliphatic carbocycles. The van der Waals surface area contributed by atoms with Crippen molar-refractivity contribution in [1.29, 1.82) is 0 Å². The van der Waals surface area contributed by atoms with Crippen LogP contribution in [0, 0.1) is 9.49 Å². The summed E-state index contributed by atoms with van der Waals surface area (Å²) >= 11 is 13.3. The summed E-state index contributed by atoms with van der Waals surface area (Å²) in [4.78, 5) is 44.3. The van der Waals surface area contributed by atoms with Gasteiger partial charge in [0.15, 0.2) is 0 Å². The van der Waals surface area contributed by atoms with Gasteiger partial charge in [-0.3, -0.25) is 19.4 Å². The Kier molecular flexibility index (Phi) is 14.4. The molecule has 15 heteroatoms. The summed E-state index contributed by atoms with van der Waals surface area (Å²) in [7, 11) is -4.06. The summed E-state index contributed by atoms with van der Waals surface area (Å²) in [6.45, 7) is 4.09. The molecule has 3 rings (SSSR count). The van der Waals surface area contributed by atoms with Gasteiger partial charge in [0.2, 0.25) is 17.7 Å². The minimum absolute atomic E-state index is 0.00414. The highest BCUT2D eigenvalue weighted by Gasteiger charge is 2.31. The van der Waals surface area contributed by atoms with Gasteiger partial charge in [-0.25, -0.2) is 8.42 Å². The number of sulfonamides is 1. The van der Waals surface area contributed by atoms with Crippen molar-refractivity contribution < 1.29 is 22.8 Å². The van der Waals surface area contributed by atoms with E-state index >= 15 is 0 Å². The summed E-state index contributed by atoms with van der Waals surface area (Å²) in [6, 6.07) is 12.3. The van der Waals surface area contributed by atoms with Crippen molar-refractivity contribution >= 4 is 85.9 Å². The quantitative estimate of drug-likeness (QED) is 0.110. The number of nitrogens with zero attached hydrogens (tertiary/aromatic N) is 1. The highest BCUT2D eigenvalue weighted by Crippen LogP contribution is 2.26. The lowest BCUT2D eigenvalue weighted by Gasteiger charge is -2.25. The van der Waals surface area contributed by atoms with Gasteiger partial charge in [-0.2, -0.15) is 17.4 Å². The second-order valence-electron chi connectivity index (χ2n) is 10.4. The van der Waals surface area contributed by atoms with Crippen molar-refractivity contribution in [1.82, 2.24) is 25.7 Å². The van der Waals surface area contributed by atoms with Crippen molar-refractivity contribution in [2.75, 3.05) is 5.75 Å². The number of nitrogens with one attached hydrogen (secondary N) is 4. The molecule has 0 saturated carbocycles. The monoisotopic (exact) mass is 791 g/mol. The average Bonchev–Trinajstić information content (AvgIpc) is 3.45. The molecule has 0 aliphatic rings. The molecular weight excluding hydrogens is 757 g/mol. The van der Waals surface area contributed by atoms with Gasteiger partial charge >= 0.3 is 0 Å². The lowest BCUT2D eigenvalue weighted by molar-refractivity contribution is -0.132. The van der Waals surface area contributed by atoms with Crippen LogP contribution in [0.25, 0.3) is 0 Å². The minimum Gasteiger partial charge on any atom is -0.349 e. The zero-order chi connectivity index (χ0) is 32.3. The molecule has 3 aromatic rings. The first-order valence-corrected chi connectivity index (χ1v) is 18.2. The highest BCUT2D eigenvalue weighted by atomic mass is 127. The molecular formula is C29H35ClIN5O5S3. The number of halogens is 2. The largest absolute Gasteiger partial charge is 0.349 e. The first-order chi connectivity index (χ1) is 20.9. The molecule has 0 spiro atoms. The molecule has 0 bridgehead atoms. The standard InChI is InChI=1S/C29H35ClIN5O5S3/c1-18(2)6-11-22(36-44(40,41)26-13-12-25(30)43-26)28(38)34-23(15-19-7-9-20(31)10-8-19)29(39)35-24(17-42)27(37)33-16-21-5-3-4-14-32-21/h3-5,7-10,12-14,18,22-24,36,42H,6,11,15-17H2,1-2H3,(H,33,37)(H,34,38)(H,35,39)/t22-,23-,24-/m0/s1. The van der Waals surface area contributed by atoms with Crippen molar-refractivity contribution in [3.8, 4) is 0 Å². The first kappa shape index (κ1) is 36.2. The second-order valence-corrected chi connectivity index (χ2v) is 15.6. The number of carbonyl (C=O) groups excluding carboxylic acids is 3. The van der Waals surface area contributed by atoms with Crippen LogP contribution >= 0.6 is 58.2 Å². The molecule has 3 amide bonds. The predicted molar refractivity (Wildman–Crippen MR) is 184 cm³/mol. The number of hydrogen-bond acceptors (Lipinski definition) is 8. The van der Waals surface area contributed by atoms with Crippen LogP contribution in [-0.4, -0.2) is 55.0 Å². The number of carbonyl (C=O) groups is 3. The van der Waals surface area contributed by atoms with Crippen LogP contribution < -0.4 is 20.7 Å². The van der Waals surface area contributed by atoms with E-state index in [-0.39, 0.29) is 35.3 Å². The molecule has 2 aromatic heterocycles. The predicted octanol–water partition coefficient (Wildman–Crippen LogP) is 3.94. The van der Waals surface area contributed by atoms with Crippen LogP contribution in [0.1, 0.15) is 37.9 Å². The SMILES string of the molecule is CC(C)CC[C@H](NS(=O)(=O)c1ccc(Cl)s1)C(=O)N[C@@H](Cc1ccc(I)cc1)C(=O)N[C@@H](CS)C(=O)NCc1ccccn1. The normalized spacial score (nSPS) is 13.6. The minimum atomic E-state index is -4.06. The van der Waals surface area contributed by atoms with Crippen molar-refractivity contribution in [2.24, 2.45) is 5.92 Å². The molecule has 0 unspecified atom stereocenters. The number of pyridine rings is 1. The lowest BCUT2D eigenvalue weighted by atomic mass is 10.0. The topological polar surface area (TPSA) is 146 Å². The van der Waals surface area contributed by atoms with E-state index in [1.165, 1.54) is 12.1 Å². The Bertz CT molecular complexity index is 1510. The Balaban J connectivity index is 1.80. The summed E-state index contributed by atoms with van der Waals surface area (Å²) in [5.74, 6) is -1.54. The van der Waals surface area contributed by atoms with Crippen LogP contribution in [0.2, 0.25) is 4.34 Å². The van der Waals surface area contributed by atoms with E-state index in [4.69, 9.17) is 11.6 Å². The lowest BCUT2D eigenvalue weighted by Crippen LogP contribution is -2.57. The Hall–Kier alpha value is -2.24. The summed E-state index contributed by atoms with van der Waals surface area (Å²) < 4.78 is 30.0. The van der Waals surface area contributed by atoms with Gasteiger partial charge in [0.25, 0.3) is 10.0 Å². The summed E-state index contributed by atoms with van der Waals surface area (Å²) in [6.07, 6.45) is 2.47. The van der Waals surface area contributed by atoms with Crippen molar-refractivity contribution in [2.45, 2.75) is 62.0 Å². The fraction of sp³-hybridized carbons (Fsp3) is 0.379. The summed E-state index contributed by atoms with van der Waals surface area (Å²) in [5.41, 5.74) is 1.41. The molecule has 4 N–H and O–H groups in total. The Labute approximate surface area is 286 Å². The number of thiol groups is 1. The van der Waals surface area contributed by atoms with Gasteiger partial charge in [-0.15, -0.1) is 11.3 Å². The van der Waals surface area contributed by atoms with Crippen LogP contribution in [-0.2, 0) is 37.4 Å². The molecule has 0 fully saturated rings. The smallest absolute Gasteiger partial charge is 0.250 e. The number of rotatable bonds is 16. The fourth-order valence-corrected chi connectivity index (χ4v) is 7.38. The number of hydrogen-bond donors (Lipinski definition) is 5. The van der Waals surface area contributed by atoms with E-state index in [0.29, 0.717) is 16.5 Å². The molecule has 10 nitrogen and oxygen atoms in total. The van der Waals surface area contributed by atoms with Gasteiger partial charge in [-0.05, 0) is 83.3 Å². The van der Waals surface area contributed by atoms with Crippen LogP contribution in [0.15, 0.2) is 65.0 Å². The average molecular weight is 792 g/mol. The molecule has 44 heavy (non-hydrogen) atoms. The maximum atomic E-state index is 13.6. The number of amides is 3. The maximum absolute atomic E-state index is 13.6. The Morgan fingerprint density at radius 2 is 1.61 bits per heavy atom. The summed E-state index contributed by atoms with van der Waals surface area (Å²) in [5, 5.41) is 8.17. The van der Waals surface area contributed by atoms with Crippen LogP contribution in [0.3, 0.4) is 0 Å². The van der Waals surface area contributed by atoms with Gasteiger partial charge < -0.3 is 16.0 Å². The Morgan fingerprint density at radius 3 is 2.20 bits per heavy atom. The third-order valence-corrected chi connectivity index (χ3v) is 10.7. The van der Waals surface area contributed by atoms with E-state index in [9.17, 15) is 22.8 Å². The Morgan fingerprint density at radius 1 is 0.932 bits per heavy atom. The molecule has 0 saturated heterocycles. The van der Waals surface area contributed by atoms with Crippen LogP contribution in [0.5, 0.6) is 0 Å². The molecule has 238 valence electrons. The van der Waals surface area contributed by atoms with Gasteiger partial charge in [-0.1, -0.05) is 43.6 Å². The van der Waals surface area contributed by atoms with Gasteiger partial charge in [0.1, 0.15) is 22.3 Å². The fourth-order valence-electron chi connectivity index (χ4n) is 4.04. The zero-order valence-electron chi connectivity index (χ0n) is 24.1. The molecule has 0 radical (unpaired) electrons. The number of thiophene rings is 1. The number of aromatic nitrogens is 1. The van der Waals surface area contributed by atoms with Crippen molar-refractivity contribution in [3.05, 3.63) is 80.0 Å². The van der Waals surface area contributed by atoms with Crippen molar-refractivity contribution in [3.63, 3.8) is 0 Å². The molecule has 2 heterocycles. The second kappa shape index (κ2) is 17.5. The maximum Gasteiger partial charge on any atom is 0.250 e. The van der Waals surface area contributed by atoms with E-state index < -0.39 is 45.9 Å². The van der Waals surface area contributed by atoms with E-state index in [0.717, 1.165) is 20.5 Å². The zero-order valence-corrected chi connectivity index (χ0v) is 29.6. The van der Waals surface area contributed by atoms with Crippen LogP contribution in [0.4, 0.5) is 0 Å². The molecule has 0 aliphatic heterocycles. The first-order valence-electron chi connectivity index (χ1n) is 13.8. The van der Waals surface area contributed by atoms with E-state index in [2.05, 4.69) is 60.9 Å². The third kappa shape index (κ3) is 11.6. The highest BCUT2D eigenvalue weighted by molar-refractivity contribution is 14.1. The molecule has 3 atom stereocenters. The van der Waals surface area contributed by atoms with Gasteiger partial charge in [0, 0.05) is 21.9 Å². The molecule has 1 aromatic carbocycles. The van der Waals surface area contributed by atoms with E-state index in [1.54, 1.807) is 24.4 Å². The van der Waals surface area contributed by atoms with Gasteiger partial charge in [0.05, 0.1) is 16.6 Å². The number of benzene rings is 1. The van der Waals surface area contributed by atoms with E-state index in [1.807, 2.05) is 38.1 Å².